The van der Waals surface area contributed by atoms with E-state index in [9.17, 15) is 4.79 Å². The highest BCUT2D eigenvalue weighted by molar-refractivity contribution is 5.68. The molecule has 2 rings (SSSR count). The van der Waals surface area contributed by atoms with E-state index < -0.39 is 5.97 Å². The van der Waals surface area contributed by atoms with Crippen molar-refractivity contribution in [2.45, 2.75) is 12.8 Å². The van der Waals surface area contributed by atoms with Gasteiger partial charge in [0.05, 0.1) is 5.69 Å². The molecular weight excluding hydrogens is 214 g/mol. The van der Waals surface area contributed by atoms with Crippen molar-refractivity contribution in [2.75, 3.05) is 0 Å². The van der Waals surface area contributed by atoms with Crippen molar-refractivity contribution in [1.29, 1.82) is 0 Å². The average Bonchev–Trinajstić information content (AvgIpc) is 2.38. The Morgan fingerprint density at radius 1 is 1.12 bits per heavy atom. The van der Waals surface area contributed by atoms with Crippen LogP contribution in [0.25, 0.3) is 11.3 Å². The van der Waals surface area contributed by atoms with Crippen LogP contribution in [0.5, 0.6) is 0 Å². The molecule has 1 aromatic heterocycles. The second kappa shape index (κ2) is 5.25. The summed E-state index contributed by atoms with van der Waals surface area (Å²) in [6.07, 6.45) is 2.37. The van der Waals surface area contributed by atoms with Crippen molar-refractivity contribution in [3.05, 3.63) is 54.2 Å². The summed E-state index contributed by atoms with van der Waals surface area (Å²) in [6, 6.07) is 13.6. The number of aliphatic carboxylic acids is 1. The summed E-state index contributed by atoms with van der Waals surface area (Å²) in [6.45, 7) is 0. The second-order valence-electron chi connectivity index (χ2n) is 3.77. The van der Waals surface area contributed by atoms with E-state index in [2.05, 4.69) is 4.98 Å². The quantitative estimate of drug-likeness (QED) is 0.873. The standard InChI is InChI=1S/C14H13NO2/c16-13(17)9-8-12-7-4-10-15-14(12)11-5-2-1-3-6-11/h1-7,10H,8-9H2,(H,16,17). The van der Waals surface area contributed by atoms with Gasteiger partial charge in [-0.3, -0.25) is 9.78 Å². The first-order chi connectivity index (χ1) is 8.27. The van der Waals surface area contributed by atoms with Crippen LogP contribution in [0.3, 0.4) is 0 Å². The lowest BCUT2D eigenvalue weighted by Gasteiger charge is -2.07. The number of nitrogens with zero attached hydrogens (tertiary/aromatic N) is 1. The Balaban J connectivity index is 2.31. The fraction of sp³-hybridized carbons (Fsp3) is 0.143. The highest BCUT2D eigenvalue weighted by atomic mass is 16.4. The number of rotatable bonds is 4. The molecule has 0 bridgehead atoms. The topological polar surface area (TPSA) is 50.2 Å². The van der Waals surface area contributed by atoms with Gasteiger partial charge in [-0.1, -0.05) is 36.4 Å². The van der Waals surface area contributed by atoms with E-state index in [-0.39, 0.29) is 6.42 Å². The largest absolute Gasteiger partial charge is 0.481 e. The van der Waals surface area contributed by atoms with Gasteiger partial charge in [-0.05, 0) is 18.1 Å². The van der Waals surface area contributed by atoms with E-state index in [0.717, 1.165) is 16.8 Å². The SMILES string of the molecule is O=C(O)CCc1cccnc1-c1ccccc1. The highest BCUT2D eigenvalue weighted by Crippen LogP contribution is 2.21. The molecule has 86 valence electrons. The summed E-state index contributed by atoms with van der Waals surface area (Å²) in [5.74, 6) is -0.784. The zero-order chi connectivity index (χ0) is 12.1. The highest BCUT2D eigenvalue weighted by Gasteiger charge is 2.07. The Morgan fingerprint density at radius 2 is 1.88 bits per heavy atom. The molecule has 0 saturated heterocycles. The van der Waals surface area contributed by atoms with Gasteiger partial charge in [0.2, 0.25) is 0 Å². The summed E-state index contributed by atoms with van der Waals surface area (Å²) < 4.78 is 0. The number of hydrogen-bond donors (Lipinski definition) is 1. The van der Waals surface area contributed by atoms with Crippen LogP contribution in [-0.2, 0) is 11.2 Å². The van der Waals surface area contributed by atoms with Gasteiger partial charge in [-0.15, -0.1) is 0 Å². The lowest BCUT2D eigenvalue weighted by atomic mass is 10.0. The van der Waals surface area contributed by atoms with Crippen LogP contribution < -0.4 is 0 Å². The van der Waals surface area contributed by atoms with E-state index in [1.54, 1.807) is 6.20 Å². The molecule has 0 radical (unpaired) electrons. The number of benzene rings is 1. The normalized spacial score (nSPS) is 10.1. The second-order valence-corrected chi connectivity index (χ2v) is 3.77. The summed E-state index contributed by atoms with van der Waals surface area (Å²) in [5.41, 5.74) is 2.86. The zero-order valence-corrected chi connectivity index (χ0v) is 9.34. The summed E-state index contributed by atoms with van der Waals surface area (Å²) in [4.78, 5) is 14.9. The van der Waals surface area contributed by atoms with Crippen molar-refractivity contribution in [3.8, 4) is 11.3 Å². The smallest absolute Gasteiger partial charge is 0.303 e. The molecule has 1 N–H and O–H groups in total. The van der Waals surface area contributed by atoms with E-state index >= 15 is 0 Å². The Labute approximate surface area is 99.8 Å². The summed E-state index contributed by atoms with van der Waals surface area (Å²) in [5, 5.41) is 8.72. The molecular formula is C14H13NO2. The molecule has 0 unspecified atom stereocenters. The van der Waals surface area contributed by atoms with Gasteiger partial charge in [-0.25, -0.2) is 0 Å². The fourth-order valence-corrected chi connectivity index (χ4v) is 1.74. The first-order valence-corrected chi connectivity index (χ1v) is 5.48. The molecule has 0 fully saturated rings. The zero-order valence-electron chi connectivity index (χ0n) is 9.34. The third-order valence-electron chi connectivity index (χ3n) is 2.55. The molecule has 0 spiro atoms. The first-order valence-electron chi connectivity index (χ1n) is 5.48. The predicted molar refractivity (Wildman–Crippen MR) is 65.6 cm³/mol. The van der Waals surface area contributed by atoms with Crippen molar-refractivity contribution >= 4 is 5.97 Å². The Kier molecular flexibility index (Phi) is 3.50. The van der Waals surface area contributed by atoms with E-state index in [1.165, 1.54) is 0 Å². The maximum Gasteiger partial charge on any atom is 0.303 e. The summed E-state index contributed by atoms with van der Waals surface area (Å²) in [7, 11) is 0. The van der Waals surface area contributed by atoms with Crippen molar-refractivity contribution in [1.82, 2.24) is 4.98 Å². The van der Waals surface area contributed by atoms with E-state index in [4.69, 9.17) is 5.11 Å². The number of aromatic nitrogens is 1. The van der Waals surface area contributed by atoms with Crippen LogP contribution >= 0.6 is 0 Å². The van der Waals surface area contributed by atoms with Crippen LogP contribution in [0.1, 0.15) is 12.0 Å². The predicted octanol–water partition coefficient (Wildman–Crippen LogP) is 2.77. The van der Waals surface area contributed by atoms with Gasteiger partial charge in [0.15, 0.2) is 0 Å². The molecule has 0 aliphatic carbocycles. The van der Waals surface area contributed by atoms with Gasteiger partial charge < -0.3 is 5.11 Å². The molecule has 3 nitrogen and oxygen atoms in total. The van der Waals surface area contributed by atoms with Crippen LogP contribution in [0.2, 0.25) is 0 Å². The lowest BCUT2D eigenvalue weighted by molar-refractivity contribution is -0.136. The van der Waals surface area contributed by atoms with Crippen molar-refractivity contribution in [2.24, 2.45) is 0 Å². The minimum atomic E-state index is -0.784. The third kappa shape index (κ3) is 2.91. The molecule has 0 aliphatic rings. The third-order valence-corrected chi connectivity index (χ3v) is 2.55. The number of pyridine rings is 1. The molecule has 1 aromatic carbocycles. The van der Waals surface area contributed by atoms with E-state index in [0.29, 0.717) is 6.42 Å². The fourth-order valence-electron chi connectivity index (χ4n) is 1.74. The van der Waals surface area contributed by atoms with E-state index in [1.807, 2.05) is 42.5 Å². The monoisotopic (exact) mass is 227 g/mol. The number of carboxylic acid groups (broad SMARTS) is 1. The molecule has 1 heterocycles. The lowest BCUT2D eigenvalue weighted by Crippen LogP contribution is -2.00. The molecule has 3 heteroatoms. The molecule has 0 saturated carbocycles. The van der Waals surface area contributed by atoms with Crippen LogP contribution in [0.4, 0.5) is 0 Å². The average molecular weight is 227 g/mol. The maximum atomic E-state index is 10.6. The minimum absolute atomic E-state index is 0.130. The molecule has 0 aliphatic heterocycles. The van der Waals surface area contributed by atoms with Gasteiger partial charge in [-0.2, -0.15) is 0 Å². The number of carbonyl (C=O) groups is 1. The minimum Gasteiger partial charge on any atom is -0.481 e. The molecule has 0 amide bonds. The summed E-state index contributed by atoms with van der Waals surface area (Å²) >= 11 is 0. The molecule has 2 aromatic rings. The number of aryl methyl sites for hydroxylation is 1. The van der Waals surface area contributed by atoms with Gasteiger partial charge in [0.25, 0.3) is 0 Å². The Hall–Kier alpha value is -2.16. The van der Waals surface area contributed by atoms with Gasteiger partial charge in [0.1, 0.15) is 0 Å². The van der Waals surface area contributed by atoms with Crippen LogP contribution in [-0.4, -0.2) is 16.1 Å². The number of carboxylic acids is 1. The van der Waals surface area contributed by atoms with Gasteiger partial charge >= 0.3 is 5.97 Å². The van der Waals surface area contributed by atoms with Gasteiger partial charge in [0, 0.05) is 18.2 Å². The first kappa shape index (κ1) is 11.3. The maximum absolute atomic E-state index is 10.6. The molecule has 17 heavy (non-hydrogen) atoms. The Bertz CT molecular complexity index is 509. The Morgan fingerprint density at radius 3 is 2.59 bits per heavy atom. The van der Waals surface area contributed by atoms with Crippen molar-refractivity contribution in [3.63, 3.8) is 0 Å². The number of hydrogen-bond acceptors (Lipinski definition) is 2. The van der Waals surface area contributed by atoms with Crippen molar-refractivity contribution < 1.29 is 9.90 Å². The van der Waals surface area contributed by atoms with Crippen LogP contribution in [0, 0.1) is 0 Å². The molecule has 0 atom stereocenters. The van der Waals surface area contributed by atoms with Crippen LogP contribution in [0.15, 0.2) is 48.7 Å².